The second-order valence-corrected chi connectivity index (χ2v) is 6.78. The molecule has 0 saturated carbocycles. The van der Waals surface area contributed by atoms with E-state index in [4.69, 9.17) is 10.2 Å². The van der Waals surface area contributed by atoms with Crippen molar-refractivity contribution in [2.24, 2.45) is 0 Å². The van der Waals surface area contributed by atoms with Crippen molar-refractivity contribution in [3.8, 4) is 0 Å². The van der Waals surface area contributed by atoms with Crippen LogP contribution in [0.15, 0.2) is 35.2 Å². The molecule has 120 valence electrons. The minimum Gasteiger partial charge on any atom is -0.368 e. The molecule has 0 bridgehead atoms. The summed E-state index contributed by atoms with van der Waals surface area (Å²) in [7, 11) is 0. The summed E-state index contributed by atoms with van der Waals surface area (Å²) in [5.74, 6) is 1.23. The zero-order valence-corrected chi connectivity index (χ0v) is 13.9. The normalized spacial score (nSPS) is 11.2. The smallest absolute Gasteiger partial charge is 0.151 e. The fraction of sp³-hybridized carbons (Fsp3) is 0.667. The molecule has 0 radical (unpaired) electrons. The highest BCUT2D eigenvalue weighted by atomic mass is 32.2. The van der Waals surface area contributed by atoms with Crippen LogP contribution in [0.2, 0.25) is 0 Å². The SMILES string of the molecule is OC(O)CCCCCCCCCCCSc1ccccc1. The Balaban J connectivity index is 1.77. The maximum atomic E-state index is 8.72. The molecule has 0 spiro atoms. The molecule has 1 aromatic carbocycles. The maximum Gasteiger partial charge on any atom is 0.151 e. The topological polar surface area (TPSA) is 40.5 Å². The summed E-state index contributed by atoms with van der Waals surface area (Å²) in [4.78, 5) is 1.38. The second kappa shape index (κ2) is 13.2. The Morgan fingerprint density at radius 3 is 1.81 bits per heavy atom. The Kier molecular flexibility index (Phi) is 11.6. The second-order valence-electron chi connectivity index (χ2n) is 5.61. The van der Waals surface area contributed by atoms with Gasteiger partial charge in [-0.3, -0.25) is 0 Å². The summed E-state index contributed by atoms with van der Waals surface area (Å²) in [6, 6.07) is 10.6. The Morgan fingerprint density at radius 1 is 0.714 bits per heavy atom. The summed E-state index contributed by atoms with van der Waals surface area (Å²) in [6.45, 7) is 0. The van der Waals surface area contributed by atoms with E-state index in [2.05, 4.69) is 30.3 Å². The van der Waals surface area contributed by atoms with Crippen LogP contribution in [0.25, 0.3) is 0 Å². The quantitative estimate of drug-likeness (QED) is 0.306. The highest BCUT2D eigenvalue weighted by Gasteiger charge is 1.97. The van der Waals surface area contributed by atoms with Gasteiger partial charge >= 0.3 is 0 Å². The molecule has 2 N–H and O–H groups in total. The first kappa shape index (κ1) is 18.5. The van der Waals surface area contributed by atoms with Crippen LogP contribution in [0.5, 0.6) is 0 Å². The van der Waals surface area contributed by atoms with E-state index in [0.717, 1.165) is 12.8 Å². The van der Waals surface area contributed by atoms with E-state index in [9.17, 15) is 0 Å². The number of aliphatic hydroxyl groups excluding tert-OH is 1. The van der Waals surface area contributed by atoms with Gasteiger partial charge in [0.05, 0.1) is 0 Å². The summed E-state index contributed by atoms with van der Waals surface area (Å²) in [6.07, 6.45) is 10.7. The molecule has 2 nitrogen and oxygen atoms in total. The van der Waals surface area contributed by atoms with Gasteiger partial charge in [-0.1, -0.05) is 63.1 Å². The largest absolute Gasteiger partial charge is 0.368 e. The number of benzene rings is 1. The third-order valence-corrected chi connectivity index (χ3v) is 4.72. The zero-order chi connectivity index (χ0) is 15.2. The van der Waals surface area contributed by atoms with Crippen molar-refractivity contribution in [2.75, 3.05) is 5.75 Å². The van der Waals surface area contributed by atoms with E-state index < -0.39 is 6.29 Å². The van der Waals surface area contributed by atoms with Gasteiger partial charge < -0.3 is 10.2 Å². The lowest BCUT2D eigenvalue weighted by Gasteiger charge is -2.04. The monoisotopic (exact) mass is 310 g/mol. The number of thioether (sulfide) groups is 1. The van der Waals surface area contributed by atoms with Crippen LogP contribution in [0.4, 0.5) is 0 Å². The van der Waals surface area contributed by atoms with E-state index in [1.54, 1.807) is 0 Å². The average molecular weight is 311 g/mol. The third-order valence-electron chi connectivity index (χ3n) is 3.62. The molecule has 21 heavy (non-hydrogen) atoms. The molecule has 0 unspecified atom stereocenters. The van der Waals surface area contributed by atoms with E-state index in [1.165, 1.54) is 55.6 Å². The molecular formula is C18H30O2S. The van der Waals surface area contributed by atoms with Gasteiger partial charge in [0.15, 0.2) is 6.29 Å². The van der Waals surface area contributed by atoms with Gasteiger partial charge in [-0.25, -0.2) is 0 Å². The first-order valence-corrected chi connectivity index (χ1v) is 9.31. The Morgan fingerprint density at radius 2 is 1.24 bits per heavy atom. The standard InChI is InChI=1S/C18H30O2S/c19-18(20)15-11-6-4-2-1-3-5-7-12-16-21-17-13-9-8-10-14-17/h8-10,13-14,18-20H,1-7,11-12,15-16H2. The van der Waals surface area contributed by atoms with Gasteiger partial charge in [-0.05, 0) is 37.1 Å². The minimum atomic E-state index is -1.11. The zero-order valence-electron chi connectivity index (χ0n) is 13.0. The predicted molar refractivity (Wildman–Crippen MR) is 91.6 cm³/mol. The van der Waals surface area contributed by atoms with E-state index in [-0.39, 0.29) is 0 Å². The lowest BCUT2D eigenvalue weighted by molar-refractivity contribution is -0.0466. The van der Waals surface area contributed by atoms with Crippen LogP contribution < -0.4 is 0 Å². The number of unbranched alkanes of at least 4 members (excludes halogenated alkanes) is 8. The Bertz CT molecular complexity index is 327. The molecule has 0 saturated heterocycles. The molecule has 1 rings (SSSR count). The van der Waals surface area contributed by atoms with Crippen molar-refractivity contribution in [1.29, 1.82) is 0 Å². The fourth-order valence-corrected chi connectivity index (χ4v) is 3.31. The lowest BCUT2D eigenvalue weighted by atomic mass is 10.1. The fourth-order valence-electron chi connectivity index (χ4n) is 2.37. The first-order chi connectivity index (χ1) is 10.3. The van der Waals surface area contributed by atoms with Crippen molar-refractivity contribution in [3.63, 3.8) is 0 Å². The summed E-state index contributed by atoms with van der Waals surface area (Å²) in [5, 5.41) is 17.4. The van der Waals surface area contributed by atoms with Gasteiger partial charge in [0.1, 0.15) is 0 Å². The van der Waals surface area contributed by atoms with E-state index >= 15 is 0 Å². The van der Waals surface area contributed by atoms with E-state index in [1.807, 2.05) is 11.8 Å². The van der Waals surface area contributed by atoms with Crippen molar-refractivity contribution in [1.82, 2.24) is 0 Å². The molecule has 0 fully saturated rings. The molecule has 3 heteroatoms. The highest BCUT2D eigenvalue weighted by molar-refractivity contribution is 7.99. The number of aliphatic hydroxyl groups is 2. The predicted octanol–water partition coefficient (Wildman–Crippen LogP) is 4.99. The summed E-state index contributed by atoms with van der Waals surface area (Å²) >= 11 is 1.96. The average Bonchev–Trinajstić information content (AvgIpc) is 2.49. The van der Waals surface area contributed by atoms with Crippen LogP contribution in [0.3, 0.4) is 0 Å². The number of hydrogen-bond acceptors (Lipinski definition) is 3. The van der Waals surface area contributed by atoms with Crippen molar-refractivity contribution in [3.05, 3.63) is 30.3 Å². The van der Waals surface area contributed by atoms with Gasteiger partial charge in [-0.2, -0.15) is 0 Å². The third kappa shape index (κ3) is 11.8. The Hall–Kier alpha value is -0.510. The molecule has 1 aromatic rings. The van der Waals surface area contributed by atoms with Crippen LogP contribution in [-0.2, 0) is 0 Å². The molecule has 0 heterocycles. The van der Waals surface area contributed by atoms with Gasteiger partial charge in [0.2, 0.25) is 0 Å². The minimum absolute atomic E-state index is 0.527. The summed E-state index contributed by atoms with van der Waals surface area (Å²) < 4.78 is 0. The molecule has 0 amide bonds. The van der Waals surface area contributed by atoms with Gasteiger partial charge in [0.25, 0.3) is 0 Å². The van der Waals surface area contributed by atoms with Crippen molar-refractivity contribution < 1.29 is 10.2 Å². The molecule has 0 aliphatic carbocycles. The molecular weight excluding hydrogens is 280 g/mol. The molecule has 0 aliphatic heterocycles. The van der Waals surface area contributed by atoms with Crippen molar-refractivity contribution >= 4 is 11.8 Å². The van der Waals surface area contributed by atoms with Crippen molar-refractivity contribution in [2.45, 2.75) is 75.4 Å². The number of rotatable bonds is 13. The molecule has 0 aromatic heterocycles. The van der Waals surface area contributed by atoms with Crippen LogP contribution in [0.1, 0.15) is 64.2 Å². The summed E-state index contributed by atoms with van der Waals surface area (Å²) in [5.41, 5.74) is 0. The van der Waals surface area contributed by atoms with Crippen LogP contribution >= 0.6 is 11.8 Å². The first-order valence-electron chi connectivity index (χ1n) is 8.33. The Labute approximate surface area is 134 Å². The molecule has 0 atom stereocenters. The van der Waals surface area contributed by atoms with Gasteiger partial charge in [0, 0.05) is 4.90 Å². The molecule has 0 aliphatic rings. The van der Waals surface area contributed by atoms with E-state index in [0.29, 0.717) is 6.42 Å². The van der Waals surface area contributed by atoms with Gasteiger partial charge in [-0.15, -0.1) is 11.8 Å². The van der Waals surface area contributed by atoms with Crippen LogP contribution in [-0.4, -0.2) is 22.3 Å². The maximum absolute atomic E-state index is 8.72. The highest BCUT2D eigenvalue weighted by Crippen LogP contribution is 2.19. The number of hydrogen-bond donors (Lipinski definition) is 2. The lowest BCUT2D eigenvalue weighted by Crippen LogP contribution is -2.02. The van der Waals surface area contributed by atoms with Crippen LogP contribution in [0, 0.1) is 0 Å².